The normalized spacial score (nSPS) is 18.8. The molecule has 2 aromatic rings. The molecule has 4 rings (SSSR count). The van der Waals surface area contributed by atoms with Crippen molar-refractivity contribution in [1.29, 1.82) is 0 Å². The third-order valence-electron chi connectivity index (χ3n) is 5.73. The number of halogens is 2. The van der Waals surface area contributed by atoms with Crippen molar-refractivity contribution in [3.05, 3.63) is 59.1 Å². The molecular formula is C23H30ClIN6O. The summed E-state index contributed by atoms with van der Waals surface area (Å²) in [6.45, 7) is 4.55. The largest absolute Gasteiger partial charge is 0.369 e. The molecule has 1 amide bonds. The fourth-order valence-electron chi connectivity index (χ4n) is 4.04. The summed E-state index contributed by atoms with van der Waals surface area (Å²) in [5, 5.41) is 10.6. The first kappa shape index (κ1) is 24.4. The smallest absolute Gasteiger partial charge is 0.239 e. The second-order valence-corrected chi connectivity index (χ2v) is 8.36. The van der Waals surface area contributed by atoms with Gasteiger partial charge in [0, 0.05) is 62.2 Å². The van der Waals surface area contributed by atoms with Gasteiger partial charge in [-0.25, -0.2) is 0 Å². The molecule has 2 aliphatic rings. The van der Waals surface area contributed by atoms with Crippen LogP contribution in [0.4, 0.5) is 11.4 Å². The lowest BCUT2D eigenvalue weighted by molar-refractivity contribution is -0.120. The molecule has 1 atom stereocenters. The number of aliphatic imine (C=N–C) groups is 1. The first-order valence-electron chi connectivity index (χ1n) is 10.7. The van der Waals surface area contributed by atoms with Gasteiger partial charge in [-0.3, -0.25) is 9.79 Å². The van der Waals surface area contributed by atoms with Crippen molar-refractivity contribution in [1.82, 2.24) is 16.0 Å². The van der Waals surface area contributed by atoms with Crippen molar-refractivity contribution < 1.29 is 4.79 Å². The molecule has 2 aromatic carbocycles. The fourth-order valence-corrected chi connectivity index (χ4v) is 4.23. The summed E-state index contributed by atoms with van der Waals surface area (Å²) in [6, 6.07) is 16.7. The van der Waals surface area contributed by atoms with Gasteiger partial charge < -0.3 is 25.8 Å². The number of rotatable bonds is 5. The van der Waals surface area contributed by atoms with Crippen LogP contribution in [0.5, 0.6) is 0 Å². The number of amides is 1. The Bertz CT molecular complexity index is 938. The van der Waals surface area contributed by atoms with Crippen LogP contribution in [0, 0.1) is 0 Å². The number of nitrogens with one attached hydrogen (secondary N) is 3. The van der Waals surface area contributed by atoms with E-state index in [1.54, 1.807) is 7.05 Å². The first-order valence-corrected chi connectivity index (χ1v) is 11.1. The topological polar surface area (TPSA) is 72.0 Å². The maximum Gasteiger partial charge on any atom is 0.239 e. The van der Waals surface area contributed by atoms with E-state index in [0.29, 0.717) is 25.7 Å². The Kier molecular flexibility index (Phi) is 8.86. The Labute approximate surface area is 211 Å². The van der Waals surface area contributed by atoms with Crippen LogP contribution in [0.15, 0.2) is 53.5 Å². The number of guanidine groups is 1. The van der Waals surface area contributed by atoms with E-state index in [1.165, 1.54) is 5.56 Å². The Morgan fingerprint density at radius 1 is 1.16 bits per heavy atom. The third kappa shape index (κ3) is 6.41. The molecule has 0 radical (unpaired) electrons. The van der Waals surface area contributed by atoms with Crippen LogP contribution in [0.25, 0.3) is 0 Å². The molecule has 0 bridgehead atoms. The molecule has 9 heteroatoms. The van der Waals surface area contributed by atoms with Crippen LogP contribution in [-0.2, 0) is 11.3 Å². The number of benzene rings is 2. The minimum atomic E-state index is 0. The van der Waals surface area contributed by atoms with Crippen LogP contribution in [0.2, 0.25) is 5.02 Å². The summed E-state index contributed by atoms with van der Waals surface area (Å²) in [5.41, 5.74) is 3.40. The number of nitrogens with zero attached hydrogens (tertiary/aromatic N) is 3. The molecule has 0 aliphatic carbocycles. The number of hydrogen-bond acceptors (Lipinski definition) is 4. The maximum absolute atomic E-state index is 11.6. The Hall–Kier alpha value is -2.20. The number of carbonyl (C=O) groups excluding carboxylic acids is 1. The van der Waals surface area contributed by atoms with Gasteiger partial charge >= 0.3 is 0 Å². The molecule has 1 unspecified atom stereocenters. The van der Waals surface area contributed by atoms with E-state index in [2.05, 4.69) is 61.1 Å². The SMILES string of the molecule is CN=C(NCc1ccc(N2CCNC(=O)C2)cc1)NC1CCN(c2cccc(Cl)c2)C1.I. The Balaban J connectivity index is 0.00000289. The predicted octanol–water partition coefficient (Wildman–Crippen LogP) is 2.84. The van der Waals surface area contributed by atoms with Crippen molar-refractivity contribution in [2.75, 3.05) is 49.6 Å². The third-order valence-corrected chi connectivity index (χ3v) is 5.96. The molecule has 7 nitrogen and oxygen atoms in total. The molecule has 3 N–H and O–H groups in total. The van der Waals surface area contributed by atoms with Crippen LogP contribution in [-0.4, -0.2) is 57.7 Å². The minimum absolute atomic E-state index is 0. The second kappa shape index (κ2) is 11.6. The molecule has 0 aromatic heterocycles. The highest BCUT2D eigenvalue weighted by atomic mass is 127. The molecule has 0 saturated carbocycles. The van der Waals surface area contributed by atoms with E-state index in [1.807, 2.05) is 18.2 Å². The van der Waals surface area contributed by atoms with Gasteiger partial charge in [-0.2, -0.15) is 0 Å². The van der Waals surface area contributed by atoms with Gasteiger partial charge in [0.2, 0.25) is 5.91 Å². The molecule has 2 saturated heterocycles. The highest BCUT2D eigenvalue weighted by molar-refractivity contribution is 14.0. The average Bonchev–Trinajstić information content (AvgIpc) is 3.25. The van der Waals surface area contributed by atoms with E-state index in [4.69, 9.17) is 11.6 Å². The Morgan fingerprint density at radius 2 is 1.97 bits per heavy atom. The summed E-state index contributed by atoms with van der Waals surface area (Å²) in [7, 11) is 1.80. The number of piperazine rings is 1. The van der Waals surface area contributed by atoms with Gasteiger partial charge in [0.25, 0.3) is 0 Å². The van der Waals surface area contributed by atoms with E-state index >= 15 is 0 Å². The fraction of sp³-hybridized carbons (Fsp3) is 0.391. The molecule has 0 spiro atoms. The van der Waals surface area contributed by atoms with Crippen molar-refractivity contribution >= 4 is 58.8 Å². The highest BCUT2D eigenvalue weighted by Gasteiger charge is 2.23. The van der Waals surface area contributed by atoms with Crippen LogP contribution in [0.1, 0.15) is 12.0 Å². The van der Waals surface area contributed by atoms with Gasteiger partial charge in [-0.05, 0) is 42.3 Å². The van der Waals surface area contributed by atoms with Gasteiger partial charge in [0.15, 0.2) is 5.96 Å². The maximum atomic E-state index is 11.6. The van der Waals surface area contributed by atoms with E-state index in [9.17, 15) is 4.79 Å². The summed E-state index contributed by atoms with van der Waals surface area (Å²) in [4.78, 5) is 20.4. The molecule has 32 heavy (non-hydrogen) atoms. The lowest BCUT2D eigenvalue weighted by Gasteiger charge is -2.28. The predicted molar refractivity (Wildman–Crippen MR) is 142 cm³/mol. The lowest BCUT2D eigenvalue weighted by Crippen LogP contribution is -2.47. The van der Waals surface area contributed by atoms with Crippen LogP contribution < -0.4 is 25.8 Å². The van der Waals surface area contributed by atoms with Crippen molar-refractivity contribution in [2.24, 2.45) is 4.99 Å². The van der Waals surface area contributed by atoms with Crippen molar-refractivity contribution in [3.8, 4) is 0 Å². The summed E-state index contributed by atoms with van der Waals surface area (Å²) in [6.07, 6.45) is 1.05. The van der Waals surface area contributed by atoms with E-state index in [0.717, 1.165) is 48.4 Å². The molecule has 2 fully saturated rings. The monoisotopic (exact) mass is 568 g/mol. The minimum Gasteiger partial charge on any atom is -0.369 e. The zero-order valence-corrected chi connectivity index (χ0v) is 21.3. The summed E-state index contributed by atoms with van der Waals surface area (Å²) < 4.78 is 0. The summed E-state index contributed by atoms with van der Waals surface area (Å²) >= 11 is 6.13. The second-order valence-electron chi connectivity index (χ2n) is 7.92. The van der Waals surface area contributed by atoms with Crippen LogP contribution >= 0.6 is 35.6 Å². The first-order chi connectivity index (χ1) is 15.1. The van der Waals surface area contributed by atoms with Crippen molar-refractivity contribution in [2.45, 2.75) is 19.0 Å². The van der Waals surface area contributed by atoms with E-state index < -0.39 is 0 Å². The molecule has 2 heterocycles. The lowest BCUT2D eigenvalue weighted by atomic mass is 10.2. The van der Waals surface area contributed by atoms with Gasteiger partial charge in [0.05, 0.1) is 6.54 Å². The number of anilines is 2. The zero-order valence-electron chi connectivity index (χ0n) is 18.2. The van der Waals surface area contributed by atoms with Gasteiger partial charge in [0.1, 0.15) is 0 Å². The van der Waals surface area contributed by atoms with Crippen molar-refractivity contribution in [3.63, 3.8) is 0 Å². The molecule has 2 aliphatic heterocycles. The highest BCUT2D eigenvalue weighted by Crippen LogP contribution is 2.23. The van der Waals surface area contributed by atoms with Gasteiger partial charge in [-0.1, -0.05) is 29.8 Å². The van der Waals surface area contributed by atoms with Gasteiger partial charge in [-0.15, -0.1) is 24.0 Å². The molecular weight excluding hydrogens is 539 g/mol. The van der Waals surface area contributed by atoms with Crippen LogP contribution in [0.3, 0.4) is 0 Å². The number of carbonyl (C=O) groups is 1. The standard InChI is InChI=1S/C23H29ClN6O.HI/c1-25-23(28-19-9-11-29(15-19)21-4-2-3-18(24)13-21)27-14-17-5-7-20(8-6-17)30-12-10-26-22(31)16-30;/h2-8,13,19H,9-12,14-16H2,1H3,(H,26,31)(H2,25,27,28);1H. The van der Waals surface area contributed by atoms with E-state index in [-0.39, 0.29) is 29.9 Å². The molecule has 172 valence electrons. The summed E-state index contributed by atoms with van der Waals surface area (Å²) in [5.74, 6) is 0.877. The Morgan fingerprint density at radius 3 is 2.69 bits per heavy atom. The quantitative estimate of drug-likeness (QED) is 0.294. The average molecular weight is 569 g/mol. The zero-order chi connectivity index (χ0) is 21.6. The number of hydrogen-bond donors (Lipinski definition) is 3.